The average Bonchev–Trinajstić information content (AvgIpc) is 2.46. The predicted octanol–water partition coefficient (Wildman–Crippen LogP) is 3.92. The molecule has 20 heavy (non-hydrogen) atoms. The fourth-order valence-corrected chi connectivity index (χ4v) is 3.91. The molecule has 1 aliphatic heterocycles. The molecule has 1 N–H and O–H groups in total. The van der Waals surface area contributed by atoms with Crippen molar-refractivity contribution in [1.29, 1.82) is 0 Å². The Kier molecular flexibility index (Phi) is 6.24. The molecule has 2 atom stereocenters. The summed E-state index contributed by atoms with van der Waals surface area (Å²) in [6, 6.07) is 9.11. The highest BCUT2D eigenvalue weighted by Gasteiger charge is 2.23. The van der Waals surface area contributed by atoms with Crippen molar-refractivity contribution in [3.63, 3.8) is 0 Å². The summed E-state index contributed by atoms with van der Waals surface area (Å²) in [5.41, 5.74) is 1.40. The van der Waals surface area contributed by atoms with Crippen molar-refractivity contribution in [1.82, 2.24) is 5.32 Å². The van der Waals surface area contributed by atoms with Crippen LogP contribution in [0.2, 0.25) is 0 Å². The Bertz CT molecular complexity index is 408. The number of rotatable bonds is 7. The van der Waals surface area contributed by atoms with E-state index in [9.17, 15) is 0 Å². The smallest absolute Gasteiger partial charge is 0.122 e. The van der Waals surface area contributed by atoms with Crippen LogP contribution >= 0.6 is 11.8 Å². The maximum absolute atomic E-state index is 5.76. The summed E-state index contributed by atoms with van der Waals surface area (Å²) < 4.78 is 5.76. The molecule has 1 aromatic carbocycles. The molecule has 3 heteroatoms. The topological polar surface area (TPSA) is 21.3 Å². The molecule has 0 spiro atoms. The summed E-state index contributed by atoms with van der Waals surface area (Å²) in [7, 11) is 2.09. The van der Waals surface area contributed by atoms with Gasteiger partial charge >= 0.3 is 0 Å². The minimum Gasteiger partial charge on any atom is -0.493 e. The first-order valence-corrected chi connectivity index (χ1v) is 8.83. The van der Waals surface area contributed by atoms with Gasteiger partial charge in [0.15, 0.2) is 0 Å². The lowest BCUT2D eigenvalue weighted by molar-refractivity contribution is 0.258. The van der Waals surface area contributed by atoms with Crippen molar-refractivity contribution in [3.05, 3.63) is 29.8 Å². The van der Waals surface area contributed by atoms with Gasteiger partial charge in [0.2, 0.25) is 0 Å². The Hall–Kier alpha value is -0.670. The largest absolute Gasteiger partial charge is 0.493 e. The lowest BCUT2D eigenvalue weighted by atomic mass is 9.88. The molecule has 0 radical (unpaired) electrons. The van der Waals surface area contributed by atoms with Crippen molar-refractivity contribution < 1.29 is 4.74 Å². The highest BCUT2D eigenvalue weighted by Crippen LogP contribution is 2.36. The van der Waals surface area contributed by atoms with Crippen LogP contribution < -0.4 is 10.1 Å². The lowest BCUT2D eigenvalue weighted by Crippen LogP contribution is -2.31. The molecule has 0 bridgehead atoms. The van der Waals surface area contributed by atoms with Gasteiger partial charge in [-0.05, 0) is 49.1 Å². The van der Waals surface area contributed by atoms with Crippen molar-refractivity contribution in [2.45, 2.75) is 38.6 Å². The number of hydrogen-bond donors (Lipinski definition) is 1. The van der Waals surface area contributed by atoms with Crippen molar-refractivity contribution in [2.24, 2.45) is 5.92 Å². The molecule has 0 amide bonds. The van der Waals surface area contributed by atoms with Gasteiger partial charge in [0, 0.05) is 11.8 Å². The van der Waals surface area contributed by atoms with Crippen LogP contribution in [0.4, 0.5) is 0 Å². The molecule has 0 aliphatic carbocycles. The zero-order valence-corrected chi connectivity index (χ0v) is 13.7. The van der Waals surface area contributed by atoms with Gasteiger partial charge < -0.3 is 10.1 Å². The molecule has 2 nitrogen and oxygen atoms in total. The number of hydrogen-bond acceptors (Lipinski definition) is 3. The molecule has 2 unspecified atom stereocenters. The van der Waals surface area contributed by atoms with Gasteiger partial charge in [-0.25, -0.2) is 0 Å². The third-order valence-electron chi connectivity index (χ3n) is 3.83. The number of nitrogens with one attached hydrogen (secondary N) is 1. The summed E-state index contributed by atoms with van der Waals surface area (Å²) in [5, 5.41) is 3.49. The van der Waals surface area contributed by atoms with Crippen LogP contribution in [0.15, 0.2) is 24.3 Å². The molecule has 112 valence electrons. The molecule has 1 aliphatic rings. The fourth-order valence-electron chi connectivity index (χ4n) is 2.72. The van der Waals surface area contributed by atoms with E-state index < -0.39 is 0 Å². The minimum absolute atomic E-state index is 0.593. The Labute approximate surface area is 127 Å². The molecule has 2 rings (SSSR count). The number of para-hydroxylation sites is 1. The van der Waals surface area contributed by atoms with E-state index in [1.165, 1.54) is 23.5 Å². The summed E-state index contributed by atoms with van der Waals surface area (Å²) in [6.45, 7) is 5.43. The SMILES string of the molecule is CNC(CSCC(C)C)CC1CCOc2ccccc21. The Morgan fingerprint density at radius 1 is 1.30 bits per heavy atom. The van der Waals surface area contributed by atoms with E-state index in [2.05, 4.69) is 62.2 Å². The summed E-state index contributed by atoms with van der Waals surface area (Å²) in [6.07, 6.45) is 2.35. The van der Waals surface area contributed by atoms with Crippen LogP contribution in [0, 0.1) is 5.92 Å². The van der Waals surface area contributed by atoms with Gasteiger partial charge in [-0.2, -0.15) is 11.8 Å². The molecule has 0 saturated heterocycles. The van der Waals surface area contributed by atoms with Gasteiger partial charge in [0.05, 0.1) is 6.61 Å². The second kappa shape index (κ2) is 7.94. The monoisotopic (exact) mass is 293 g/mol. The number of fused-ring (bicyclic) bond motifs is 1. The quantitative estimate of drug-likeness (QED) is 0.823. The van der Waals surface area contributed by atoms with Gasteiger partial charge in [-0.15, -0.1) is 0 Å². The zero-order valence-electron chi connectivity index (χ0n) is 12.9. The first-order valence-electron chi connectivity index (χ1n) is 7.67. The molecular formula is C17H27NOS. The molecule has 1 heterocycles. The van der Waals surface area contributed by atoms with Gasteiger partial charge in [-0.1, -0.05) is 32.0 Å². The van der Waals surface area contributed by atoms with E-state index in [-0.39, 0.29) is 0 Å². The Morgan fingerprint density at radius 3 is 2.85 bits per heavy atom. The summed E-state index contributed by atoms with van der Waals surface area (Å²) in [5.74, 6) is 4.96. The second-order valence-electron chi connectivity index (χ2n) is 6.02. The number of benzene rings is 1. The second-order valence-corrected chi connectivity index (χ2v) is 7.10. The van der Waals surface area contributed by atoms with Crippen molar-refractivity contribution in [3.8, 4) is 5.75 Å². The number of ether oxygens (including phenoxy) is 1. The van der Waals surface area contributed by atoms with Crippen LogP contribution in [-0.4, -0.2) is 31.2 Å². The van der Waals surface area contributed by atoms with Gasteiger partial charge in [-0.3, -0.25) is 0 Å². The third-order valence-corrected chi connectivity index (χ3v) is 5.37. The zero-order chi connectivity index (χ0) is 14.4. The van der Waals surface area contributed by atoms with E-state index >= 15 is 0 Å². The lowest BCUT2D eigenvalue weighted by Gasteiger charge is -2.29. The van der Waals surface area contributed by atoms with E-state index in [1.54, 1.807) is 0 Å². The fraction of sp³-hybridized carbons (Fsp3) is 0.647. The van der Waals surface area contributed by atoms with Crippen LogP contribution in [0.5, 0.6) is 5.75 Å². The van der Waals surface area contributed by atoms with E-state index in [0.29, 0.717) is 12.0 Å². The minimum atomic E-state index is 0.593. The van der Waals surface area contributed by atoms with Crippen LogP contribution in [0.3, 0.4) is 0 Å². The first-order chi connectivity index (χ1) is 9.70. The molecule has 0 aromatic heterocycles. The maximum Gasteiger partial charge on any atom is 0.122 e. The molecular weight excluding hydrogens is 266 g/mol. The predicted molar refractivity (Wildman–Crippen MR) is 88.9 cm³/mol. The van der Waals surface area contributed by atoms with E-state index in [0.717, 1.165) is 24.7 Å². The van der Waals surface area contributed by atoms with Crippen molar-refractivity contribution >= 4 is 11.8 Å². The number of thioether (sulfide) groups is 1. The standard InChI is InChI=1S/C17H27NOS/c1-13(2)11-20-12-15(18-3)10-14-8-9-19-17-7-5-4-6-16(14)17/h4-7,13-15,18H,8-12H2,1-3H3. The Morgan fingerprint density at radius 2 is 2.10 bits per heavy atom. The summed E-state index contributed by atoms with van der Waals surface area (Å²) >= 11 is 2.07. The molecule has 1 aromatic rings. The highest BCUT2D eigenvalue weighted by molar-refractivity contribution is 7.99. The van der Waals surface area contributed by atoms with E-state index in [4.69, 9.17) is 4.74 Å². The van der Waals surface area contributed by atoms with Crippen LogP contribution in [0.1, 0.15) is 38.2 Å². The van der Waals surface area contributed by atoms with Gasteiger partial charge in [0.1, 0.15) is 5.75 Å². The summed E-state index contributed by atoms with van der Waals surface area (Å²) in [4.78, 5) is 0. The van der Waals surface area contributed by atoms with Crippen LogP contribution in [0.25, 0.3) is 0 Å². The van der Waals surface area contributed by atoms with E-state index in [1.807, 2.05) is 0 Å². The van der Waals surface area contributed by atoms with Gasteiger partial charge in [0.25, 0.3) is 0 Å². The van der Waals surface area contributed by atoms with Crippen LogP contribution in [-0.2, 0) is 0 Å². The average molecular weight is 293 g/mol. The van der Waals surface area contributed by atoms with Crippen molar-refractivity contribution in [2.75, 3.05) is 25.2 Å². The normalized spacial score (nSPS) is 19.5. The first kappa shape index (κ1) is 15.7. The molecule has 0 fully saturated rings. The maximum atomic E-state index is 5.76. The molecule has 0 saturated carbocycles. The Balaban J connectivity index is 1.91. The highest BCUT2D eigenvalue weighted by atomic mass is 32.2. The third kappa shape index (κ3) is 4.42.